The van der Waals surface area contributed by atoms with Crippen molar-refractivity contribution in [3.8, 4) is 0 Å². The van der Waals surface area contributed by atoms with E-state index in [9.17, 15) is 4.79 Å². The predicted molar refractivity (Wildman–Crippen MR) is 104 cm³/mol. The highest BCUT2D eigenvalue weighted by atomic mass is 32.1. The first-order valence-corrected chi connectivity index (χ1v) is 10.2. The van der Waals surface area contributed by atoms with E-state index in [1.807, 2.05) is 22.4 Å². The maximum Gasteiger partial charge on any atom is 0.227 e. The van der Waals surface area contributed by atoms with Crippen molar-refractivity contribution < 1.29 is 4.79 Å². The van der Waals surface area contributed by atoms with Crippen LogP contribution < -0.4 is 4.90 Å². The van der Waals surface area contributed by atoms with Crippen LogP contribution in [0.2, 0.25) is 0 Å². The molecule has 1 aliphatic heterocycles. The standard InChI is InChI=1S/C18H20N4OS2/c1-2-13-10-15-17(19-12-20-18(15)25-13)22-7-5-21(6-8-22)16(23)11-14-4-3-9-24-14/h3-4,9-10,12H,2,5-8,11H2,1H3. The first kappa shape index (κ1) is 16.5. The molecule has 0 spiro atoms. The van der Waals surface area contributed by atoms with E-state index in [1.54, 1.807) is 29.0 Å². The monoisotopic (exact) mass is 372 g/mol. The summed E-state index contributed by atoms with van der Waals surface area (Å²) in [5.74, 6) is 1.23. The summed E-state index contributed by atoms with van der Waals surface area (Å²) in [6.45, 7) is 5.30. The molecule has 1 fully saturated rings. The minimum Gasteiger partial charge on any atom is -0.352 e. The van der Waals surface area contributed by atoms with Crippen molar-refractivity contribution in [3.05, 3.63) is 39.7 Å². The second-order valence-corrected chi connectivity index (χ2v) is 8.25. The van der Waals surface area contributed by atoms with Crippen LogP contribution in [0.5, 0.6) is 0 Å². The molecule has 1 aliphatic rings. The minimum absolute atomic E-state index is 0.221. The van der Waals surface area contributed by atoms with E-state index in [2.05, 4.69) is 27.9 Å². The number of fused-ring (bicyclic) bond motifs is 1. The topological polar surface area (TPSA) is 49.3 Å². The van der Waals surface area contributed by atoms with Crippen molar-refractivity contribution in [3.63, 3.8) is 0 Å². The first-order chi connectivity index (χ1) is 12.2. The molecule has 0 aliphatic carbocycles. The molecule has 4 rings (SSSR count). The van der Waals surface area contributed by atoms with Gasteiger partial charge in [-0.05, 0) is 23.9 Å². The Morgan fingerprint density at radius 3 is 2.76 bits per heavy atom. The zero-order valence-corrected chi connectivity index (χ0v) is 15.8. The van der Waals surface area contributed by atoms with E-state index in [0.717, 1.165) is 53.5 Å². The third kappa shape index (κ3) is 3.39. The van der Waals surface area contributed by atoms with Crippen molar-refractivity contribution in [2.24, 2.45) is 0 Å². The summed E-state index contributed by atoms with van der Waals surface area (Å²) in [4.78, 5) is 29.2. The Balaban J connectivity index is 1.45. The quantitative estimate of drug-likeness (QED) is 0.706. The van der Waals surface area contributed by atoms with Gasteiger partial charge >= 0.3 is 0 Å². The van der Waals surface area contributed by atoms with Gasteiger partial charge in [-0.25, -0.2) is 9.97 Å². The molecule has 0 bridgehead atoms. The number of aryl methyl sites for hydroxylation is 1. The minimum atomic E-state index is 0.221. The summed E-state index contributed by atoms with van der Waals surface area (Å²) in [6, 6.07) is 6.24. The lowest BCUT2D eigenvalue weighted by Crippen LogP contribution is -2.49. The molecule has 0 atom stereocenters. The summed E-state index contributed by atoms with van der Waals surface area (Å²) in [6.07, 6.45) is 3.19. The Morgan fingerprint density at radius 2 is 2.04 bits per heavy atom. The lowest BCUT2D eigenvalue weighted by Gasteiger charge is -2.35. The van der Waals surface area contributed by atoms with Crippen LogP contribution in [0.15, 0.2) is 29.9 Å². The Kier molecular flexibility index (Phi) is 4.67. The van der Waals surface area contributed by atoms with Crippen LogP contribution in [0.4, 0.5) is 5.82 Å². The van der Waals surface area contributed by atoms with Gasteiger partial charge in [-0.1, -0.05) is 13.0 Å². The van der Waals surface area contributed by atoms with E-state index in [-0.39, 0.29) is 5.91 Å². The number of hydrogen-bond acceptors (Lipinski definition) is 6. The van der Waals surface area contributed by atoms with Crippen LogP contribution in [-0.2, 0) is 17.6 Å². The van der Waals surface area contributed by atoms with Crippen LogP contribution in [0.25, 0.3) is 10.2 Å². The molecule has 0 aromatic carbocycles. The molecule has 1 saturated heterocycles. The molecule has 0 radical (unpaired) electrons. The number of amides is 1. The van der Waals surface area contributed by atoms with Gasteiger partial charge in [0.15, 0.2) is 0 Å². The maximum atomic E-state index is 12.5. The number of thiophene rings is 2. The van der Waals surface area contributed by atoms with Gasteiger partial charge in [-0.3, -0.25) is 4.79 Å². The third-order valence-corrected chi connectivity index (χ3v) is 6.61. The van der Waals surface area contributed by atoms with Crippen LogP contribution in [-0.4, -0.2) is 47.0 Å². The molecule has 3 aromatic rings. The molecule has 5 nitrogen and oxygen atoms in total. The number of piperazine rings is 1. The second kappa shape index (κ2) is 7.09. The van der Waals surface area contributed by atoms with E-state index in [4.69, 9.17) is 0 Å². The van der Waals surface area contributed by atoms with Gasteiger partial charge < -0.3 is 9.80 Å². The molecule has 0 N–H and O–H groups in total. The number of aromatic nitrogens is 2. The highest BCUT2D eigenvalue weighted by Gasteiger charge is 2.23. The molecule has 3 aromatic heterocycles. The number of hydrogen-bond donors (Lipinski definition) is 0. The highest BCUT2D eigenvalue weighted by molar-refractivity contribution is 7.18. The van der Waals surface area contributed by atoms with Gasteiger partial charge in [-0.2, -0.15) is 0 Å². The number of carbonyl (C=O) groups is 1. The zero-order valence-electron chi connectivity index (χ0n) is 14.1. The summed E-state index contributed by atoms with van der Waals surface area (Å²) in [5.41, 5.74) is 0. The number of nitrogens with zero attached hydrogens (tertiary/aromatic N) is 4. The highest BCUT2D eigenvalue weighted by Crippen LogP contribution is 2.31. The normalized spacial score (nSPS) is 15.1. The van der Waals surface area contributed by atoms with Crippen molar-refractivity contribution in [1.82, 2.24) is 14.9 Å². The largest absolute Gasteiger partial charge is 0.352 e. The number of rotatable bonds is 4. The zero-order chi connectivity index (χ0) is 17.2. The maximum absolute atomic E-state index is 12.5. The number of anilines is 1. The fourth-order valence-corrected chi connectivity index (χ4v) is 4.79. The fourth-order valence-electron chi connectivity index (χ4n) is 3.16. The van der Waals surface area contributed by atoms with Crippen molar-refractivity contribution in [1.29, 1.82) is 0 Å². The molecule has 25 heavy (non-hydrogen) atoms. The molecule has 7 heteroatoms. The van der Waals surface area contributed by atoms with Crippen molar-refractivity contribution >= 4 is 44.6 Å². The Labute approximate surface area is 154 Å². The van der Waals surface area contributed by atoms with E-state index in [0.29, 0.717) is 6.42 Å². The molecule has 1 amide bonds. The van der Waals surface area contributed by atoms with E-state index >= 15 is 0 Å². The van der Waals surface area contributed by atoms with Gasteiger partial charge in [0, 0.05) is 35.9 Å². The average molecular weight is 373 g/mol. The third-order valence-electron chi connectivity index (χ3n) is 4.55. The molecule has 130 valence electrons. The van der Waals surface area contributed by atoms with Crippen molar-refractivity contribution in [2.45, 2.75) is 19.8 Å². The predicted octanol–water partition coefficient (Wildman–Crippen LogP) is 3.21. The smallest absolute Gasteiger partial charge is 0.227 e. The van der Waals surface area contributed by atoms with Crippen LogP contribution in [0.1, 0.15) is 16.7 Å². The summed E-state index contributed by atoms with van der Waals surface area (Å²) < 4.78 is 0. The molecular formula is C18H20N4OS2. The van der Waals surface area contributed by atoms with Crippen LogP contribution >= 0.6 is 22.7 Å². The fraction of sp³-hybridized carbons (Fsp3) is 0.389. The lowest BCUT2D eigenvalue weighted by molar-refractivity contribution is -0.130. The van der Waals surface area contributed by atoms with Gasteiger partial charge in [0.2, 0.25) is 5.91 Å². The van der Waals surface area contributed by atoms with Gasteiger partial charge in [-0.15, -0.1) is 22.7 Å². The summed E-state index contributed by atoms with van der Waals surface area (Å²) in [7, 11) is 0. The van der Waals surface area contributed by atoms with Gasteiger partial charge in [0.1, 0.15) is 17.0 Å². The SMILES string of the molecule is CCc1cc2c(N3CCN(C(=O)Cc4cccs4)CC3)ncnc2s1. The van der Waals surface area contributed by atoms with Crippen LogP contribution in [0.3, 0.4) is 0 Å². The first-order valence-electron chi connectivity index (χ1n) is 8.53. The molecule has 4 heterocycles. The number of carbonyl (C=O) groups excluding carboxylic acids is 1. The van der Waals surface area contributed by atoms with Gasteiger partial charge in [0.25, 0.3) is 0 Å². The Bertz CT molecular complexity index is 866. The van der Waals surface area contributed by atoms with Crippen LogP contribution in [0, 0.1) is 0 Å². The average Bonchev–Trinajstić information content (AvgIpc) is 3.30. The Hall–Kier alpha value is -1.99. The van der Waals surface area contributed by atoms with Gasteiger partial charge in [0.05, 0.1) is 11.8 Å². The summed E-state index contributed by atoms with van der Waals surface area (Å²) >= 11 is 3.39. The summed E-state index contributed by atoms with van der Waals surface area (Å²) in [5, 5.41) is 3.16. The molecular weight excluding hydrogens is 352 g/mol. The van der Waals surface area contributed by atoms with E-state index < -0.39 is 0 Å². The Morgan fingerprint density at radius 1 is 1.20 bits per heavy atom. The molecule has 0 saturated carbocycles. The van der Waals surface area contributed by atoms with Crippen molar-refractivity contribution in [2.75, 3.05) is 31.1 Å². The lowest BCUT2D eigenvalue weighted by atomic mass is 10.2. The van der Waals surface area contributed by atoms with E-state index in [1.165, 1.54) is 4.88 Å². The second-order valence-electron chi connectivity index (χ2n) is 6.11. The molecule has 0 unspecified atom stereocenters.